The molecule has 1 fully saturated rings. The zero-order valence-corrected chi connectivity index (χ0v) is 24.0. The molecule has 0 atom stereocenters. The summed E-state index contributed by atoms with van der Waals surface area (Å²) in [6.07, 6.45) is 4.43. The lowest BCUT2D eigenvalue weighted by atomic mass is 9.81. The highest BCUT2D eigenvalue weighted by molar-refractivity contribution is 7.89. The average Bonchev–Trinajstić information content (AvgIpc) is 3.46. The molecule has 2 heterocycles. The molecule has 1 saturated carbocycles. The van der Waals surface area contributed by atoms with Crippen molar-refractivity contribution in [1.82, 2.24) is 19.9 Å². The number of hydrogen-bond donors (Lipinski definition) is 2. The van der Waals surface area contributed by atoms with Gasteiger partial charge in [0.2, 0.25) is 15.9 Å². The van der Waals surface area contributed by atoms with Crippen LogP contribution in [0.1, 0.15) is 58.5 Å². The Labute approximate surface area is 231 Å². The van der Waals surface area contributed by atoms with Gasteiger partial charge in [0.1, 0.15) is 0 Å². The first-order valence-corrected chi connectivity index (χ1v) is 15.3. The van der Waals surface area contributed by atoms with Crippen LogP contribution in [-0.2, 0) is 27.7 Å². The van der Waals surface area contributed by atoms with E-state index in [1.54, 1.807) is 33.8 Å². The van der Waals surface area contributed by atoms with Gasteiger partial charge < -0.3 is 9.52 Å². The van der Waals surface area contributed by atoms with E-state index in [0.717, 1.165) is 40.8 Å². The predicted molar refractivity (Wildman–Crippen MR) is 150 cm³/mol. The number of fused-ring (bicyclic) bond motifs is 1. The summed E-state index contributed by atoms with van der Waals surface area (Å²) in [5.41, 5.74) is 0.781. The number of carboxylic acid groups (broad SMARTS) is 1. The summed E-state index contributed by atoms with van der Waals surface area (Å²) in [4.78, 5) is 17.6. The van der Waals surface area contributed by atoms with Gasteiger partial charge in [-0.15, -0.1) is 21.5 Å². The number of nitrogens with zero attached hydrogens (tertiary/aromatic N) is 3. The number of thiazole rings is 1. The van der Waals surface area contributed by atoms with Gasteiger partial charge in [0.25, 0.3) is 5.89 Å². The van der Waals surface area contributed by atoms with E-state index in [2.05, 4.69) is 14.9 Å². The lowest BCUT2D eigenvalue weighted by Crippen LogP contribution is -2.30. The summed E-state index contributed by atoms with van der Waals surface area (Å²) in [5.74, 6) is 0.103. The van der Waals surface area contributed by atoms with Gasteiger partial charge in [0, 0.05) is 23.4 Å². The van der Waals surface area contributed by atoms with E-state index in [1.807, 2.05) is 30.3 Å². The van der Waals surface area contributed by atoms with Crippen molar-refractivity contribution in [3.63, 3.8) is 0 Å². The second-order valence-electron chi connectivity index (χ2n) is 11.1. The van der Waals surface area contributed by atoms with Crippen LogP contribution < -0.4 is 4.72 Å². The van der Waals surface area contributed by atoms with Gasteiger partial charge in [-0.2, -0.15) is 0 Å². The molecule has 9 nitrogen and oxygen atoms in total. The molecule has 4 aromatic rings. The molecule has 0 saturated heterocycles. The zero-order valence-electron chi connectivity index (χ0n) is 22.4. The number of aromatic nitrogens is 3. The van der Waals surface area contributed by atoms with Gasteiger partial charge >= 0.3 is 5.97 Å². The fourth-order valence-corrected chi connectivity index (χ4v) is 7.22. The topological polar surface area (TPSA) is 135 Å². The fourth-order valence-electron chi connectivity index (χ4n) is 4.71. The molecule has 0 amide bonds. The highest BCUT2D eigenvalue weighted by Gasteiger charge is 2.31. The Hall–Kier alpha value is -3.15. The quantitative estimate of drug-likeness (QED) is 0.249. The third kappa shape index (κ3) is 5.61. The van der Waals surface area contributed by atoms with Crippen LogP contribution >= 0.6 is 11.3 Å². The van der Waals surface area contributed by atoms with E-state index >= 15 is 0 Å². The lowest BCUT2D eigenvalue weighted by molar-refractivity contribution is -0.147. The molecule has 2 aromatic heterocycles. The number of carboxylic acids is 1. The normalized spacial score (nSPS) is 14.7. The maximum atomic E-state index is 13.1. The van der Waals surface area contributed by atoms with Crippen LogP contribution in [0, 0.1) is 11.3 Å². The second kappa shape index (κ2) is 10.4. The number of aliphatic carboxylic acids is 1. The van der Waals surface area contributed by atoms with Gasteiger partial charge in [0.15, 0.2) is 5.01 Å². The van der Waals surface area contributed by atoms with Crippen molar-refractivity contribution in [2.24, 2.45) is 11.3 Å². The molecule has 1 aliphatic carbocycles. The highest BCUT2D eigenvalue weighted by Crippen LogP contribution is 2.42. The molecule has 0 radical (unpaired) electrons. The number of rotatable bonds is 10. The summed E-state index contributed by atoms with van der Waals surface area (Å²) in [6, 6.07) is 10.8. The maximum Gasteiger partial charge on any atom is 0.309 e. The summed E-state index contributed by atoms with van der Waals surface area (Å²) in [6.45, 7) is 6.82. The van der Waals surface area contributed by atoms with Gasteiger partial charge in [-0.1, -0.05) is 49.6 Å². The molecular weight excluding hydrogens is 536 g/mol. The number of sulfonamides is 1. The standard InChI is InChI=1S/C28H32N4O5S2/c1-16(2)32-39(35,36)22-13-12-20(18-10-5-6-11-19(18)22)24-21(14-17-8-7-9-17)29-26(38-24)25-31-30-23(37-25)15-28(3,4)27(33)34/h5-6,10-13,16-17,32H,7-9,14-15H2,1-4H3,(H,33,34). The molecule has 5 rings (SSSR count). The van der Waals surface area contributed by atoms with Crippen molar-refractivity contribution in [3.8, 4) is 21.3 Å². The minimum absolute atomic E-state index is 0.105. The monoisotopic (exact) mass is 568 g/mol. The Morgan fingerprint density at radius 1 is 1.15 bits per heavy atom. The molecule has 0 spiro atoms. The van der Waals surface area contributed by atoms with E-state index < -0.39 is 21.4 Å². The summed E-state index contributed by atoms with van der Waals surface area (Å²) in [7, 11) is -3.70. The summed E-state index contributed by atoms with van der Waals surface area (Å²) >= 11 is 1.43. The number of hydrogen-bond acceptors (Lipinski definition) is 8. The molecule has 39 heavy (non-hydrogen) atoms. The second-order valence-corrected chi connectivity index (χ2v) is 13.8. The van der Waals surface area contributed by atoms with Crippen molar-refractivity contribution in [1.29, 1.82) is 0 Å². The lowest BCUT2D eigenvalue weighted by Gasteiger charge is -2.24. The molecule has 0 bridgehead atoms. The van der Waals surface area contributed by atoms with Crippen LogP contribution in [-0.4, -0.2) is 40.7 Å². The Morgan fingerprint density at radius 3 is 2.51 bits per heavy atom. The van der Waals surface area contributed by atoms with Gasteiger partial charge in [-0.05, 0) is 51.5 Å². The molecule has 1 aliphatic rings. The Bertz CT molecular complexity index is 1630. The van der Waals surface area contributed by atoms with Crippen molar-refractivity contribution >= 4 is 38.1 Å². The van der Waals surface area contributed by atoms with Crippen molar-refractivity contribution < 1.29 is 22.7 Å². The number of benzene rings is 2. The third-order valence-electron chi connectivity index (χ3n) is 7.04. The Morgan fingerprint density at radius 2 is 1.87 bits per heavy atom. The molecule has 0 unspecified atom stereocenters. The summed E-state index contributed by atoms with van der Waals surface area (Å²) < 4.78 is 34.8. The molecule has 2 N–H and O–H groups in total. The first-order valence-electron chi connectivity index (χ1n) is 13.0. The number of carbonyl (C=O) groups is 1. The SMILES string of the molecule is CC(C)NS(=O)(=O)c1ccc(-c2sc(-c3nnc(CC(C)(C)C(=O)O)o3)nc2CC2CCC2)c2ccccc12. The van der Waals surface area contributed by atoms with Crippen LogP contribution in [0.5, 0.6) is 0 Å². The smallest absolute Gasteiger partial charge is 0.309 e. The first kappa shape index (κ1) is 27.4. The highest BCUT2D eigenvalue weighted by atomic mass is 32.2. The Kier molecular flexibility index (Phi) is 7.34. The van der Waals surface area contributed by atoms with E-state index in [-0.39, 0.29) is 29.1 Å². The third-order valence-corrected chi connectivity index (χ3v) is 9.87. The fraction of sp³-hybridized carbons (Fsp3) is 0.429. The van der Waals surface area contributed by atoms with Gasteiger partial charge in [-0.3, -0.25) is 4.79 Å². The van der Waals surface area contributed by atoms with Crippen LogP contribution in [0.15, 0.2) is 45.7 Å². The van der Waals surface area contributed by atoms with E-state index in [1.165, 1.54) is 17.8 Å². The average molecular weight is 569 g/mol. The van der Waals surface area contributed by atoms with E-state index in [0.29, 0.717) is 16.3 Å². The van der Waals surface area contributed by atoms with E-state index in [9.17, 15) is 18.3 Å². The van der Waals surface area contributed by atoms with Crippen LogP contribution in [0.25, 0.3) is 32.1 Å². The minimum atomic E-state index is -3.70. The largest absolute Gasteiger partial charge is 0.481 e. The molecule has 11 heteroatoms. The summed E-state index contributed by atoms with van der Waals surface area (Å²) in [5, 5.41) is 19.8. The van der Waals surface area contributed by atoms with Gasteiger partial charge in [0.05, 0.1) is 20.9 Å². The maximum absolute atomic E-state index is 13.1. The van der Waals surface area contributed by atoms with Crippen molar-refractivity contribution in [2.75, 3.05) is 0 Å². The molecule has 0 aliphatic heterocycles. The van der Waals surface area contributed by atoms with Gasteiger partial charge in [-0.25, -0.2) is 18.1 Å². The Balaban J connectivity index is 1.59. The van der Waals surface area contributed by atoms with E-state index in [4.69, 9.17) is 9.40 Å². The molecule has 206 valence electrons. The van der Waals surface area contributed by atoms with Crippen molar-refractivity contribution in [2.45, 2.75) is 70.7 Å². The predicted octanol–water partition coefficient (Wildman–Crippen LogP) is 5.70. The minimum Gasteiger partial charge on any atom is -0.481 e. The zero-order chi connectivity index (χ0) is 27.9. The first-order chi connectivity index (χ1) is 18.4. The molecule has 2 aromatic carbocycles. The molecular formula is C28H32N4O5S2. The van der Waals surface area contributed by atoms with Crippen molar-refractivity contribution in [3.05, 3.63) is 48.0 Å². The van der Waals surface area contributed by atoms with Crippen LogP contribution in [0.2, 0.25) is 0 Å². The van der Waals surface area contributed by atoms with Crippen LogP contribution in [0.4, 0.5) is 0 Å². The number of nitrogens with one attached hydrogen (secondary N) is 1. The van der Waals surface area contributed by atoms with Crippen LogP contribution in [0.3, 0.4) is 0 Å².